The van der Waals surface area contributed by atoms with Gasteiger partial charge in [-0.2, -0.15) is 13.2 Å². The van der Waals surface area contributed by atoms with Gasteiger partial charge in [-0.25, -0.2) is 0 Å². The normalized spacial score (nSPS) is 29.4. The molecule has 1 saturated heterocycles. The number of nitrogens with zero attached hydrogens (tertiary/aromatic N) is 1. The highest BCUT2D eigenvalue weighted by atomic mass is 19.4. The van der Waals surface area contributed by atoms with Crippen molar-refractivity contribution in [2.45, 2.75) is 44.2 Å². The molecule has 2 unspecified atom stereocenters. The van der Waals surface area contributed by atoms with Crippen molar-refractivity contribution in [1.82, 2.24) is 4.90 Å². The van der Waals surface area contributed by atoms with Crippen molar-refractivity contribution in [3.05, 3.63) is 35.4 Å². The molecule has 1 aromatic rings. The van der Waals surface area contributed by atoms with E-state index < -0.39 is 41.8 Å². The van der Waals surface area contributed by atoms with Crippen LogP contribution in [-0.2, 0) is 21.4 Å². The van der Waals surface area contributed by atoms with Crippen LogP contribution in [-0.4, -0.2) is 41.1 Å². The number of hydrogen-bond acceptors (Lipinski definition) is 2. The topological polar surface area (TPSA) is 57.6 Å². The molecule has 1 heterocycles. The van der Waals surface area contributed by atoms with Crippen LogP contribution in [0, 0.1) is 5.41 Å². The van der Waals surface area contributed by atoms with Gasteiger partial charge in [0, 0.05) is 13.1 Å². The molecule has 0 radical (unpaired) electrons. The Bertz CT molecular complexity index is 718. The first-order valence-corrected chi connectivity index (χ1v) is 8.30. The molecular formula is C18H20F3NO3. The number of likely N-dealkylation sites (tertiary alicyclic amines) is 1. The Hall–Kier alpha value is -2.05. The highest BCUT2D eigenvalue weighted by Crippen LogP contribution is 2.47. The molecule has 3 rings (SSSR count). The molecule has 136 valence electrons. The van der Waals surface area contributed by atoms with Crippen LogP contribution in [0.15, 0.2) is 24.3 Å². The van der Waals surface area contributed by atoms with E-state index in [1.807, 2.05) is 24.3 Å². The van der Waals surface area contributed by atoms with Gasteiger partial charge < -0.3 is 10.0 Å². The van der Waals surface area contributed by atoms with Crippen molar-refractivity contribution in [1.29, 1.82) is 0 Å². The molecule has 1 aliphatic heterocycles. The molecule has 1 fully saturated rings. The Balaban J connectivity index is 1.92. The minimum atomic E-state index is -4.89. The number of aliphatic carboxylic acids is 1. The van der Waals surface area contributed by atoms with Gasteiger partial charge in [-0.05, 0) is 43.7 Å². The predicted octanol–water partition coefficient (Wildman–Crippen LogP) is 3.15. The van der Waals surface area contributed by atoms with Crippen molar-refractivity contribution in [2.24, 2.45) is 5.41 Å². The van der Waals surface area contributed by atoms with E-state index in [0.717, 1.165) is 28.9 Å². The van der Waals surface area contributed by atoms with Crippen LogP contribution in [0.2, 0.25) is 0 Å². The van der Waals surface area contributed by atoms with E-state index in [1.54, 1.807) is 6.92 Å². The van der Waals surface area contributed by atoms with Crippen molar-refractivity contribution in [3.8, 4) is 0 Å². The van der Waals surface area contributed by atoms with E-state index in [9.17, 15) is 27.9 Å². The number of hydrogen-bond donors (Lipinski definition) is 1. The molecule has 2 atom stereocenters. The van der Waals surface area contributed by atoms with Gasteiger partial charge in [-0.15, -0.1) is 0 Å². The minimum absolute atomic E-state index is 0.192. The van der Waals surface area contributed by atoms with E-state index in [2.05, 4.69) is 0 Å². The van der Waals surface area contributed by atoms with E-state index in [4.69, 9.17) is 0 Å². The summed E-state index contributed by atoms with van der Waals surface area (Å²) in [6.07, 6.45) is -3.34. The van der Waals surface area contributed by atoms with Crippen LogP contribution >= 0.6 is 0 Å². The third kappa shape index (κ3) is 2.60. The van der Waals surface area contributed by atoms with Gasteiger partial charge in [0.15, 0.2) is 5.41 Å². The number of carbonyl (C=O) groups excluding carboxylic acids is 1. The molecule has 0 bridgehead atoms. The van der Waals surface area contributed by atoms with Gasteiger partial charge in [-0.3, -0.25) is 9.59 Å². The number of benzene rings is 1. The summed E-state index contributed by atoms with van der Waals surface area (Å²) in [6.45, 7) is 0.743. The second-order valence-electron chi connectivity index (χ2n) is 7.20. The maximum atomic E-state index is 13.4. The number of aryl methyl sites for hydroxylation is 1. The molecule has 0 aromatic heterocycles. The zero-order valence-corrected chi connectivity index (χ0v) is 13.9. The number of rotatable bonds is 2. The number of carboxylic acids is 1. The number of alkyl halides is 3. The second kappa shape index (κ2) is 5.75. The lowest BCUT2D eigenvalue weighted by molar-refractivity contribution is -0.227. The van der Waals surface area contributed by atoms with E-state index >= 15 is 0 Å². The molecule has 7 heteroatoms. The second-order valence-corrected chi connectivity index (χ2v) is 7.20. The van der Waals surface area contributed by atoms with E-state index in [1.165, 1.54) is 0 Å². The molecule has 1 aliphatic carbocycles. The number of carboxylic acid groups (broad SMARTS) is 1. The Labute approximate surface area is 143 Å². The fourth-order valence-corrected chi connectivity index (χ4v) is 4.13. The standard InChI is InChI=1S/C18H20F3NO3/c1-16(8-4-6-12-5-2-3-7-13(12)16)14(23)22-10-9-17(11-22,15(24)25)18(19,20)21/h2-3,5,7H,4,6,8-11H2,1H3,(H,24,25). The van der Waals surface area contributed by atoms with Crippen LogP contribution in [0.3, 0.4) is 0 Å². The summed E-state index contributed by atoms with van der Waals surface area (Å²) in [4.78, 5) is 25.5. The average Bonchev–Trinajstić information content (AvgIpc) is 3.01. The number of halogens is 3. The third-order valence-electron chi connectivity index (χ3n) is 5.72. The fourth-order valence-electron chi connectivity index (χ4n) is 4.13. The summed E-state index contributed by atoms with van der Waals surface area (Å²) in [6, 6.07) is 7.47. The highest BCUT2D eigenvalue weighted by molar-refractivity contribution is 5.90. The summed E-state index contributed by atoms with van der Waals surface area (Å²) in [5.41, 5.74) is -1.91. The molecule has 0 spiro atoms. The van der Waals surface area contributed by atoms with Crippen molar-refractivity contribution < 1.29 is 27.9 Å². The van der Waals surface area contributed by atoms with Crippen LogP contribution in [0.4, 0.5) is 13.2 Å². The molecule has 0 saturated carbocycles. The zero-order chi connectivity index (χ0) is 18.5. The quantitative estimate of drug-likeness (QED) is 0.887. The van der Waals surface area contributed by atoms with Crippen molar-refractivity contribution in [3.63, 3.8) is 0 Å². The lowest BCUT2D eigenvalue weighted by Crippen LogP contribution is -2.51. The first-order valence-electron chi connectivity index (χ1n) is 8.30. The Morgan fingerprint density at radius 1 is 1.20 bits per heavy atom. The largest absolute Gasteiger partial charge is 0.481 e. The van der Waals surface area contributed by atoms with Crippen LogP contribution in [0.1, 0.15) is 37.3 Å². The zero-order valence-electron chi connectivity index (χ0n) is 13.9. The molecule has 2 aliphatic rings. The van der Waals surface area contributed by atoms with Crippen LogP contribution < -0.4 is 0 Å². The third-order valence-corrected chi connectivity index (χ3v) is 5.72. The maximum Gasteiger partial charge on any atom is 0.406 e. The summed E-state index contributed by atoms with van der Waals surface area (Å²) >= 11 is 0. The first kappa shape index (κ1) is 17.8. The molecule has 25 heavy (non-hydrogen) atoms. The predicted molar refractivity (Wildman–Crippen MR) is 84.1 cm³/mol. The molecular weight excluding hydrogens is 335 g/mol. The van der Waals surface area contributed by atoms with Crippen molar-refractivity contribution in [2.75, 3.05) is 13.1 Å². The molecule has 1 amide bonds. The summed E-state index contributed by atoms with van der Waals surface area (Å²) in [5, 5.41) is 9.17. The molecule has 1 aromatic carbocycles. The Morgan fingerprint density at radius 2 is 1.88 bits per heavy atom. The lowest BCUT2D eigenvalue weighted by Gasteiger charge is -2.38. The highest BCUT2D eigenvalue weighted by Gasteiger charge is 2.65. The van der Waals surface area contributed by atoms with E-state index in [0.29, 0.717) is 6.42 Å². The SMILES string of the molecule is CC1(C(=O)N2CCC(C(=O)O)(C(F)(F)F)C2)CCCc2ccccc21. The number of amides is 1. The molecule has 4 nitrogen and oxygen atoms in total. The Kier molecular flexibility index (Phi) is 4.08. The molecule has 1 N–H and O–H groups in total. The van der Waals surface area contributed by atoms with Gasteiger partial charge in [0.2, 0.25) is 5.91 Å². The fraction of sp³-hybridized carbons (Fsp3) is 0.556. The van der Waals surface area contributed by atoms with Gasteiger partial charge in [0.1, 0.15) is 0 Å². The van der Waals surface area contributed by atoms with Crippen LogP contribution in [0.5, 0.6) is 0 Å². The monoisotopic (exact) mass is 355 g/mol. The minimum Gasteiger partial charge on any atom is -0.481 e. The van der Waals surface area contributed by atoms with Gasteiger partial charge in [-0.1, -0.05) is 24.3 Å². The van der Waals surface area contributed by atoms with Gasteiger partial charge in [0.25, 0.3) is 0 Å². The van der Waals surface area contributed by atoms with Gasteiger partial charge >= 0.3 is 12.1 Å². The average molecular weight is 355 g/mol. The van der Waals surface area contributed by atoms with Gasteiger partial charge in [0.05, 0.1) is 5.41 Å². The lowest BCUT2D eigenvalue weighted by atomic mass is 9.70. The summed E-state index contributed by atoms with van der Waals surface area (Å²) in [5.74, 6) is -2.32. The maximum absolute atomic E-state index is 13.4. The smallest absolute Gasteiger partial charge is 0.406 e. The number of carbonyl (C=O) groups is 2. The van der Waals surface area contributed by atoms with E-state index in [-0.39, 0.29) is 6.54 Å². The Morgan fingerprint density at radius 3 is 2.48 bits per heavy atom. The summed E-state index contributed by atoms with van der Waals surface area (Å²) < 4.78 is 40.1. The van der Waals surface area contributed by atoms with Crippen LogP contribution in [0.25, 0.3) is 0 Å². The van der Waals surface area contributed by atoms with Crippen molar-refractivity contribution >= 4 is 11.9 Å². The number of fused-ring (bicyclic) bond motifs is 1. The summed E-state index contributed by atoms with van der Waals surface area (Å²) in [7, 11) is 0. The first-order chi connectivity index (χ1) is 11.6.